The summed E-state index contributed by atoms with van der Waals surface area (Å²) in [6.07, 6.45) is 6.14. The number of ether oxygens (including phenoxy) is 2. The van der Waals surface area contributed by atoms with Crippen LogP contribution in [0.1, 0.15) is 39.5 Å². The van der Waals surface area contributed by atoms with E-state index in [-0.39, 0.29) is 11.9 Å². The van der Waals surface area contributed by atoms with Crippen molar-refractivity contribution in [2.75, 3.05) is 13.2 Å². The summed E-state index contributed by atoms with van der Waals surface area (Å²) in [5.41, 5.74) is 5.61. The fourth-order valence-electron chi connectivity index (χ4n) is 1.30. The summed E-state index contributed by atoms with van der Waals surface area (Å²) in [4.78, 5) is 22.2. The second kappa shape index (κ2) is 10.8. The van der Waals surface area contributed by atoms with Crippen molar-refractivity contribution in [3.8, 4) is 0 Å². The molecule has 0 aliphatic rings. The fraction of sp³-hybridized carbons (Fsp3) is 0.692. The van der Waals surface area contributed by atoms with Crippen molar-refractivity contribution in [2.45, 2.75) is 45.6 Å². The molecule has 0 aromatic carbocycles. The molecular formula is C13H23NO4. The van der Waals surface area contributed by atoms with Crippen LogP contribution in [0.3, 0.4) is 0 Å². The Bertz CT molecular complexity index is 276. The maximum atomic E-state index is 11.2. The van der Waals surface area contributed by atoms with Crippen LogP contribution in [0.5, 0.6) is 0 Å². The van der Waals surface area contributed by atoms with Gasteiger partial charge in [-0.2, -0.15) is 0 Å². The van der Waals surface area contributed by atoms with Crippen LogP contribution in [0.25, 0.3) is 0 Å². The van der Waals surface area contributed by atoms with Crippen LogP contribution in [0.2, 0.25) is 0 Å². The minimum absolute atomic E-state index is 0.172. The average Bonchev–Trinajstić information content (AvgIpc) is 2.33. The lowest BCUT2D eigenvalue weighted by Gasteiger charge is -2.07. The summed E-state index contributed by atoms with van der Waals surface area (Å²) in [5.74, 6) is -0.553. The highest BCUT2D eigenvalue weighted by Crippen LogP contribution is 2.01. The normalized spacial score (nSPS) is 12.4. The van der Waals surface area contributed by atoms with Gasteiger partial charge < -0.3 is 15.2 Å². The van der Waals surface area contributed by atoms with E-state index >= 15 is 0 Å². The van der Waals surface area contributed by atoms with Gasteiger partial charge in [-0.15, -0.1) is 0 Å². The van der Waals surface area contributed by atoms with E-state index in [4.69, 9.17) is 15.2 Å². The van der Waals surface area contributed by atoms with Crippen LogP contribution in [-0.2, 0) is 19.1 Å². The molecule has 104 valence electrons. The maximum absolute atomic E-state index is 11.2. The van der Waals surface area contributed by atoms with Crippen LogP contribution in [-0.4, -0.2) is 31.2 Å². The van der Waals surface area contributed by atoms with Gasteiger partial charge in [0.2, 0.25) is 0 Å². The Kier molecular flexibility index (Phi) is 9.96. The van der Waals surface area contributed by atoms with Crippen LogP contribution in [0.4, 0.5) is 0 Å². The molecule has 0 radical (unpaired) electrons. The van der Waals surface area contributed by atoms with E-state index in [1.54, 1.807) is 13.8 Å². The summed E-state index contributed by atoms with van der Waals surface area (Å²) < 4.78 is 9.58. The highest BCUT2D eigenvalue weighted by atomic mass is 16.5. The molecule has 5 nitrogen and oxygen atoms in total. The van der Waals surface area contributed by atoms with E-state index in [1.165, 1.54) is 0 Å². The van der Waals surface area contributed by atoms with E-state index in [9.17, 15) is 9.59 Å². The zero-order chi connectivity index (χ0) is 13.8. The first-order valence-corrected chi connectivity index (χ1v) is 6.34. The van der Waals surface area contributed by atoms with Gasteiger partial charge in [0, 0.05) is 6.42 Å². The number of carbonyl (C=O) groups excluding carboxylic acids is 2. The number of carbonyl (C=O) groups is 2. The fourth-order valence-corrected chi connectivity index (χ4v) is 1.30. The molecule has 0 fully saturated rings. The van der Waals surface area contributed by atoms with Gasteiger partial charge in [0.1, 0.15) is 6.04 Å². The van der Waals surface area contributed by atoms with Crippen molar-refractivity contribution in [2.24, 2.45) is 5.73 Å². The maximum Gasteiger partial charge on any atom is 0.323 e. The summed E-state index contributed by atoms with van der Waals surface area (Å²) >= 11 is 0. The van der Waals surface area contributed by atoms with Crippen molar-refractivity contribution < 1.29 is 19.1 Å². The van der Waals surface area contributed by atoms with E-state index in [2.05, 4.69) is 0 Å². The Labute approximate surface area is 108 Å². The molecule has 0 bridgehead atoms. The molecule has 1 unspecified atom stereocenters. The molecule has 1 atom stereocenters. The molecule has 0 aliphatic heterocycles. The number of rotatable bonds is 9. The largest absolute Gasteiger partial charge is 0.466 e. The van der Waals surface area contributed by atoms with E-state index in [0.717, 1.165) is 12.8 Å². The number of esters is 2. The first-order valence-electron chi connectivity index (χ1n) is 6.34. The van der Waals surface area contributed by atoms with Crippen molar-refractivity contribution in [3.63, 3.8) is 0 Å². The Hall–Kier alpha value is -1.36. The number of unbranched alkanes of at least 4 members (excludes halogenated alkanes) is 1. The Morgan fingerprint density at radius 2 is 1.83 bits per heavy atom. The van der Waals surface area contributed by atoms with E-state index < -0.39 is 6.04 Å². The van der Waals surface area contributed by atoms with Gasteiger partial charge in [-0.05, 0) is 33.1 Å². The molecular weight excluding hydrogens is 234 g/mol. The second-order valence-electron chi connectivity index (χ2n) is 3.76. The summed E-state index contributed by atoms with van der Waals surface area (Å²) in [6, 6.07) is -0.605. The van der Waals surface area contributed by atoms with Crippen LogP contribution in [0.15, 0.2) is 12.2 Å². The summed E-state index contributed by atoms with van der Waals surface area (Å²) in [7, 11) is 0. The standard InChI is InChI=1S/C13H23NO4/c1-3-17-12(15)10-8-6-5-7-9-11(14)13(16)18-4-2/h5,7,11H,3-4,6,8-10,14H2,1-2H3. The smallest absolute Gasteiger partial charge is 0.323 e. The van der Waals surface area contributed by atoms with Gasteiger partial charge in [0.25, 0.3) is 0 Å². The zero-order valence-electron chi connectivity index (χ0n) is 11.2. The Morgan fingerprint density at radius 1 is 1.17 bits per heavy atom. The third kappa shape index (κ3) is 8.75. The van der Waals surface area contributed by atoms with E-state index in [1.807, 2.05) is 12.2 Å². The third-order valence-electron chi connectivity index (χ3n) is 2.20. The second-order valence-corrected chi connectivity index (χ2v) is 3.76. The Balaban J connectivity index is 3.59. The topological polar surface area (TPSA) is 78.6 Å². The van der Waals surface area contributed by atoms with Crippen LogP contribution < -0.4 is 5.73 Å². The average molecular weight is 257 g/mol. The van der Waals surface area contributed by atoms with Crippen molar-refractivity contribution in [1.82, 2.24) is 0 Å². The molecule has 0 saturated carbocycles. The lowest BCUT2D eigenvalue weighted by atomic mass is 10.2. The predicted octanol–water partition coefficient (Wildman–Crippen LogP) is 1.56. The molecule has 0 aromatic heterocycles. The third-order valence-corrected chi connectivity index (χ3v) is 2.20. The van der Waals surface area contributed by atoms with Gasteiger partial charge in [-0.3, -0.25) is 9.59 Å². The van der Waals surface area contributed by atoms with Crippen molar-refractivity contribution in [1.29, 1.82) is 0 Å². The molecule has 5 heteroatoms. The highest BCUT2D eigenvalue weighted by Gasteiger charge is 2.11. The number of nitrogens with two attached hydrogens (primary N) is 1. The quantitative estimate of drug-likeness (QED) is 0.385. The van der Waals surface area contributed by atoms with Crippen LogP contribution in [0, 0.1) is 0 Å². The lowest BCUT2D eigenvalue weighted by molar-refractivity contribution is -0.145. The molecule has 0 saturated heterocycles. The van der Waals surface area contributed by atoms with E-state index in [0.29, 0.717) is 26.1 Å². The van der Waals surface area contributed by atoms with Crippen molar-refractivity contribution in [3.05, 3.63) is 12.2 Å². The number of allylic oxidation sites excluding steroid dienone is 1. The molecule has 0 spiro atoms. The molecule has 0 aromatic rings. The summed E-state index contributed by atoms with van der Waals surface area (Å²) in [6.45, 7) is 4.29. The van der Waals surface area contributed by atoms with Gasteiger partial charge in [0.15, 0.2) is 0 Å². The minimum atomic E-state index is -0.605. The molecule has 2 N–H and O–H groups in total. The SMILES string of the molecule is CCOC(=O)CCCC=CCC(N)C(=O)OCC. The monoisotopic (exact) mass is 257 g/mol. The van der Waals surface area contributed by atoms with Crippen LogP contribution >= 0.6 is 0 Å². The molecule has 0 amide bonds. The van der Waals surface area contributed by atoms with Gasteiger partial charge >= 0.3 is 11.9 Å². The minimum Gasteiger partial charge on any atom is -0.466 e. The molecule has 0 rings (SSSR count). The number of hydrogen-bond donors (Lipinski definition) is 1. The highest BCUT2D eigenvalue weighted by molar-refractivity contribution is 5.75. The first-order chi connectivity index (χ1) is 8.61. The molecule has 18 heavy (non-hydrogen) atoms. The first kappa shape index (κ1) is 16.6. The molecule has 0 aliphatic carbocycles. The summed E-state index contributed by atoms with van der Waals surface area (Å²) in [5, 5.41) is 0. The zero-order valence-corrected chi connectivity index (χ0v) is 11.2. The van der Waals surface area contributed by atoms with Gasteiger partial charge in [-0.25, -0.2) is 0 Å². The van der Waals surface area contributed by atoms with Gasteiger partial charge in [-0.1, -0.05) is 12.2 Å². The predicted molar refractivity (Wildman–Crippen MR) is 68.8 cm³/mol. The molecule has 0 heterocycles. The number of hydrogen-bond acceptors (Lipinski definition) is 5. The van der Waals surface area contributed by atoms with Gasteiger partial charge in [0.05, 0.1) is 13.2 Å². The van der Waals surface area contributed by atoms with Crippen molar-refractivity contribution >= 4 is 11.9 Å². The Morgan fingerprint density at radius 3 is 2.44 bits per heavy atom. The lowest BCUT2D eigenvalue weighted by Crippen LogP contribution is -2.31.